The first-order valence-electron chi connectivity index (χ1n) is 5.88. The summed E-state index contributed by atoms with van der Waals surface area (Å²) in [7, 11) is -2.92. The third-order valence-electron chi connectivity index (χ3n) is 3.16. The monoisotopic (exact) mass is 334 g/mol. The number of carbonyl (C=O) groups excluding carboxylic acids is 1. The number of nitrogens with zero attached hydrogens (tertiary/aromatic N) is 2. The lowest BCUT2D eigenvalue weighted by atomic mass is 10.0. The normalized spacial score (nSPS) is 22.2. The van der Waals surface area contributed by atoms with Gasteiger partial charge in [-0.25, -0.2) is 8.42 Å². The summed E-state index contributed by atoms with van der Waals surface area (Å²) in [5, 5.41) is 4.09. The summed E-state index contributed by atoms with van der Waals surface area (Å²) >= 11 is 3.31. The zero-order chi connectivity index (χ0) is 13.3. The highest BCUT2D eigenvalue weighted by molar-refractivity contribution is 9.10. The molecule has 0 spiro atoms. The van der Waals surface area contributed by atoms with Gasteiger partial charge in [0.15, 0.2) is 15.6 Å². The van der Waals surface area contributed by atoms with E-state index in [1.54, 1.807) is 10.9 Å². The molecule has 7 heteroatoms. The van der Waals surface area contributed by atoms with Gasteiger partial charge in [0, 0.05) is 13.0 Å². The molecule has 2 rings (SSSR count). The van der Waals surface area contributed by atoms with Crippen molar-refractivity contribution in [2.45, 2.75) is 26.3 Å². The van der Waals surface area contributed by atoms with Crippen LogP contribution in [0, 0.1) is 5.92 Å². The van der Waals surface area contributed by atoms with E-state index in [0.717, 1.165) is 0 Å². The van der Waals surface area contributed by atoms with Crippen molar-refractivity contribution in [3.8, 4) is 0 Å². The Balaban J connectivity index is 2.11. The fraction of sp³-hybridized carbons (Fsp3) is 0.636. The quantitative estimate of drug-likeness (QED) is 0.785. The maximum Gasteiger partial charge on any atom is 0.182 e. The van der Waals surface area contributed by atoms with E-state index in [2.05, 4.69) is 21.0 Å². The minimum Gasteiger partial charge on any atom is -0.292 e. The molecular formula is C11H15BrN2O3S. The Morgan fingerprint density at radius 1 is 1.61 bits per heavy atom. The van der Waals surface area contributed by atoms with E-state index in [0.29, 0.717) is 23.1 Å². The van der Waals surface area contributed by atoms with Crippen molar-refractivity contribution in [2.75, 3.05) is 11.5 Å². The van der Waals surface area contributed by atoms with Gasteiger partial charge in [0.1, 0.15) is 5.69 Å². The van der Waals surface area contributed by atoms with E-state index in [1.165, 1.54) is 0 Å². The van der Waals surface area contributed by atoms with Gasteiger partial charge in [0.2, 0.25) is 0 Å². The standard InChI is InChI=1S/C11H15BrN2O3S/c1-2-14-11(9(12)6-13-14)10(15)5-8-3-4-18(16,17)7-8/h6,8H,2-5,7H2,1H3. The zero-order valence-corrected chi connectivity index (χ0v) is 12.5. The molecule has 0 radical (unpaired) electrons. The number of Topliss-reactive ketones (excluding diaryl/α,β-unsaturated/α-hetero) is 1. The third-order valence-corrected chi connectivity index (χ3v) is 5.58. The van der Waals surface area contributed by atoms with Crippen molar-refractivity contribution < 1.29 is 13.2 Å². The molecule has 100 valence electrons. The van der Waals surface area contributed by atoms with Crippen LogP contribution in [0.2, 0.25) is 0 Å². The molecule has 1 aliphatic rings. The summed E-state index contributed by atoms with van der Waals surface area (Å²) in [6, 6.07) is 0. The molecule has 0 aliphatic carbocycles. The molecule has 0 aromatic carbocycles. The number of halogens is 1. The Morgan fingerprint density at radius 2 is 2.33 bits per heavy atom. The van der Waals surface area contributed by atoms with Crippen LogP contribution >= 0.6 is 15.9 Å². The van der Waals surface area contributed by atoms with Crippen LogP contribution in [0.1, 0.15) is 30.3 Å². The summed E-state index contributed by atoms with van der Waals surface area (Å²) in [6.45, 7) is 2.53. The number of rotatable bonds is 4. The summed E-state index contributed by atoms with van der Waals surface area (Å²) in [4.78, 5) is 12.2. The topological polar surface area (TPSA) is 69.0 Å². The van der Waals surface area contributed by atoms with E-state index in [-0.39, 0.29) is 29.6 Å². The molecule has 1 unspecified atom stereocenters. The summed E-state index contributed by atoms with van der Waals surface area (Å²) < 4.78 is 25.0. The number of carbonyl (C=O) groups is 1. The first kappa shape index (κ1) is 13.7. The maximum absolute atomic E-state index is 12.2. The van der Waals surface area contributed by atoms with Crippen molar-refractivity contribution in [1.29, 1.82) is 0 Å². The van der Waals surface area contributed by atoms with E-state index in [1.807, 2.05) is 6.92 Å². The molecule has 0 bridgehead atoms. The Bertz CT molecular complexity index is 565. The second kappa shape index (κ2) is 5.13. The molecule has 0 amide bonds. The Hall–Kier alpha value is -0.690. The molecule has 5 nitrogen and oxygen atoms in total. The molecule has 1 aromatic rings. The van der Waals surface area contributed by atoms with Crippen LogP contribution in [-0.4, -0.2) is 35.5 Å². The van der Waals surface area contributed by atoms with Gasteiger partial charge in [-0.1, -0.05) is 0 Å². The number of sulfone groups is 1. The lowest BCUT2D eigenvalue weighted by molar-refractivity contribution is 0.0954. The van der Waals surface area contributed by atoms with Crippen LogP contribution in [-0.2, 0) is 16.4 Å². The van der Waals surface area contributed by atoms with Gasteiger partial charge >= 0.3 is 0 Å². The Labute approximate surface area is 115 Å². The SMILES string of the molecule is CCn1ncc(Br)c1C(=O)CC1CCS(=O)(=O)C1. The van der Waals surface area contributed by atoms with Crippen LogP contribution in [0.25, 0.3) is 0 Å². The largest absolute Gasteiger partial charge is 0.292 e. The molecule has 2 heterocycles. The fourth-order valence-corrected chi connectivity index (χ4v) is 4.65. The molecular weight excluding hydrogens is 320 g/mol. The van der Waals surface area contributed by atoms with Crippen molar-refractivity contribution in [3.05, 3.63) is 16.4 Å². The molecule has 0 N–H and O–H groups in total. The van der Waals surface area contributed by atoms with Crippen LogP contribution in [0.3, 0.4) is 0 Å². The fourth-order valence-electron chi connectivity index (χ4n) is 2.27. The van der Waals surface area contributed by atoms with Gasteiger partial charge in [-0.3, -0.25) is 9.48 Å². The number of aryl methyl sites for hydroxylation is 1. The smallest absolute Gasteiger partial charge is 0.182 e. The van der Waals surface area contributed by atoms with Crippen LogP contribution in [0.5, 0.6) is 0 Å². The minimum absolute atomic E-state index is 0.0386. The van der Waals surface area contributed by atoms with Gasteiger partial charge in [0.25, 0.3) is 0 Å². The van der Waals surface area contributed by atoms with Crippen molar-refractivity contribution in [1.82, 2.24) is 9.78 Å². The molecule has 1 aromatic heterocycles. The van der Waals surface area contributed by atoms with E-state index in [9.17, 15) is 13.2 Å². The molecule has 1 saturated heterocycles. The van der Waals surface area contributed by atoms with Crippen LogP contribution in [0.15, 0.2) is 10.7 Å². The molecule has 1 atom stereocenters. The van der Waals surface area contributed by atoms with Gasteiger partial charge in [0.05, 0.1) is 22.2 Å². The Morgan fingerprint density at radius 3 is 2.89 bits per heavy atom. The van der Waals surface area contributed by atoms with Crippen molar-refractivity contribution >= 4 is 31.6 Å². The highest BCUT2D eigenvalue weighted by Crippen LogP contribution is 2.25. The van der Waals surface area contributed by atoms with Gasteiger partial charge in [-0.05, 0) is 35.2 Å². The predicted octanol–water partition coefficient (Wildman–Crippen LogP) is 1.67. The summed E-state index contributed by atoms with van der Waals surface area (Å²) in [5.74, 6) is 0.258. The number of aromatic nitrogens is 2. The average Bonchev–Trinajstić information content (AvgIpc) is 2.81. The van der Waals surface area contributed by atoms with Crippen LogP contribution in [0.4, 0.5) is 0 Å². The predicted molar refractivity (Wildman–Crippen MR) is 71.3 cm³/mol. The van der Waals surface area contributed by atoms with Gasteiger partial charge < -0.3 is 0 Å². The molecule has 1 fully saturated rings. The second-order valence-corrected chi connectivity index (χ2v) is 7.64. The molecule has 18 heavy (non-hydrogen) atoms. The second-order valence-electron chi connectivity index (χ2n) is 4.55. The highest BCUT2D eigenvalue weighted by atomic mass is 79.9. The van der Waals surface area contributed by atoms with Crippen molar-refractivity contribution in [2.24, 2.45) is 5.92 Å². The lowest BCUT2D eigenvalue weighted by Crippen LogP contribution is -2.15. The number of hydrogen-bond donors (Lipinski definition) is 0. The molecule has 1 aliphatic heterocycles. The molecule has 0 saturated carbocycles. The van der Waals surface area contributed by atoms with Gasteiger partial charge in [-0.2, -0.15) is 5.10 Å². The average molecular weight is 335 g/mol. The van der Waals surface area contributed by atoms with E-state index >= 15 is 0 Å². The van der Waals surface area contributed by atoms with E-state index in [4.69, 9.17) is 0 Å². The number of ketones is 1. The summed E-state index contributed by atoms with van der Waals surface area (Å²) in [6.07, 6.45) is 2.47. The highest BCUT2D eigenvalue weighted by Gasteiger charge is 2.30. The summed E-state index contributed by atoms with van der Waals surface area (Å²) in [5.41, 5.74) is 0.543. The first-order valence-corrected chi connectivity index (χ1v) is 8.49. The number of hydrogen-bond acceptors (Lipinski definition) is 4. The van der Waals surface area contributed by atoms with Crippen LogP contribution < -0.4 is 0 Å². The van der Waals surface area contributed by atoms with Crippen molar-refractivity contribution in [3.63, 3.8) is 0 Å². The Kier molecular flexibility index (Phi) is 3.91. The van der Waals surface area contributed by atoms with E-state index < -0.39 is 9.84 Å². The van der Waals surface area contributed by atoms with Gasteiger partial charge in [-0.15, -0.1) is 0 Å². The lowest BCUT2D eigenvalue weighted by Gasteiger charge is -2.08. The third kappa shape index (κ3) is 2.83. The minimum atomic E-state index is -2.92. The first-order chi connectivity index (χ1) is 8.43. The maximum atomic E-state index is 12.2. The zero-order valence-electron chi connectivity index (χ0n) is 10.1.